The Labute approximate surface area is 104 Å². The van der Waals surface area contributed by atoms with Crippen LogP contribution in [-0.4, -0.2) is 60.1 Å². The first-order valence-electron chi connectivity index (χ1n) is 1.43. The van der Waals surface area contributed by atoms with Gasteiger partial charge in [-0.1, -0.05) is 0 Å². The molecule has 0 aromatic rings. The van der Waals surface area contributed by atoms with E-state index in [9.17, 15) is 0 Å². The molecule has 0 aliphatic rings. The van der Waals surface area contributed by atoms with Crippen molar-refractivity contribution in [2.45, 2.75) is 0 Å². The second kappa shape index (κ2) is 11.5. The molecule has 0 rings (SSSR count). The van der Waals surface area contributed by atoms with E-state index in [0.717, 1.165) is 0 Å². The Morgan fingerprint density at radius 3 is 1.15 bits per heavy atom. The fraction of sp³-hybridized carbons (Fsp3) is 0. The third-order valence-corrected chi connectivity index (χ3v) is 0. The summed E-state index contributed by atoms with van der Waals surface area (Å²) in [6.45, 7) is 0. The van der Waals surface area contributed by atoms with E-state index in [1.54, 1.807) is 0 Å². The summed E-state index contributed by atoms with van der Waals surface area (Å²) < 4.78 is 42.9. The summed E-state index contributed by atoms with van der Waals surface area (Å²) in [6.07, 6.45) is 0. The SMILES string of the molecule is O=P([O-])(O)O.O=S(=O)([O-])[O-].[Fe+2].[OH-].[Pb+2]. The zero-order valence-corrected chi connectivity index (χ0v) is 12.2. The quantitative estimate of drug-likeness (QED) is 0.156. The van der Waals surface area contributed by atoms with Crippen LogP contribution in [0.25, 0.3) is 0 Å². The van der Waals surface area contributed by atoms with E-state index < -0.39 is 18.2 Å². The first-order chi connectivity index (χ1) is 4.00. The summed E-state index contributed by atoms with van der Waals surface area (Å²) in [6, 6.07) is 0. The van der Waals surface area contributed by atoms with Crippen LogP contribution < -0.4 is 4.89 Å². The molecule has 0 unspecified atom stereocenters. The molecule has 0 spiro atoms. The fourth-order valence-corrected chi connectivity index (χ4v) is 0. The van der Waals surface area contributed by atoms with E-state index in [2.05, 4.69) is 0 Å². The van der Waals surface area contributed by atoms with Gasteiger partial charge in [0, 0.05) is 10.4 Å². The Hall–Kier alpha value is 1.38. The van der Waals surface area contributed by atoms with Crippen LogP contribution in [0.4, 0.5) is 0 Å². The van der Waals surface area contributed by atoms with Crippen molar-refractivity contribution in [2.75, 3.05) is 0 Å². The topological polar surface area (TPSA) is 191 Å². The fourth-order valence-electron chi connectivity index (χ4n) is 0. The molecule has 9 nitrogen and oxygen atoms in total. The monoisotopic (exact) mass is 474 g/mol. The van der Waals surface area contributed by atoms with Gasteiger partial charge in [0.15, 0.2) is 0 Å². The minimum absolute atomic E-state index is 0. The van der Waals surface area contributed by atoms with Crippen molar-refractivity contribution in [1.29, 1.82) is 0 Å². The van der Waals surface area contributed by atoms with Gasteiger partial charge in [-0.3, -0.25) is 13.0 Å². The Morgan fingerprint density at radius 2 is 1.15 bits per heavy atom. The second-order valence-electron chi connectivity index (χ2n) is 0.899. The maximum Gasteiger partial charge on any atom is 2.00 e. The Balaban J connectivity index is -0.0000000267. The second-order valence-corrected chi connectivity index (χ2v) is 2.70. The average molecular weight is 473 g/mol. The van der Waals surface area contributed by atoms with Gasteiger partial charge >= 0.3 is 44.4 Å². The minimum atomic E-state index is -5.17. The molecule has 13 heteroatoms. The molecule has 2 radical (unpaired) electrons. The van der Waals surface area contributed by atoms with Gasteiger partial charge in [0.1, 0.15) is 0 Å². The summed E-state index contributed by atoms with van der Waals surface area (Å²) in [5.41, 5.74) is 0. The summed E-state index contributed by atoms with van der Waals surface area (Å²) in [7, 11) is -10.1. The molecule has 0 saturated carbocycles. The zero-order chi connectivity index (χ0) is 9.00. The Kier molecular flexibility index (Phi) is 25.8. The van der Waals surface area contributed by atoms with Crippen LogP contribution in [0.1, 0.15) is 0 Å². The van der Waals surface area contributed by atoms with Crippen LogP contribution in [0.3, 0.4) is 0 Å². The zero-order valence-electron chi connectivity index (χ0n) is 5.50. The molecule has 0 aliphatic carbocycles. The van der Waals surface area contributed by atoms with Gasteiger partial charge in [-0.2, -0.15) is 0 Å². The molecule has 0 amide bonds. The van der Waals surface area contributed by atoms with Gasteiger partial charge in [-0.15, -0.1) is 0 Å². The Bertz CT molecular complexity index is 198. The maximum absolute atomic E-state index is 8.77. The normalized spacial score (nSPS) is 9.00. The van der Waals surface area contributed by atoms with Crippen LogP contribution in [0.5, 0.6) is 0 Å². The molecule has 0 saturated heterocycles. The maximum atomic E-state index is 8.77. The van der Waals surface area contributed by atoms with Crippen molar-refractivity contribution in [3.63, 3.8) is 0 Å². The van der Waals surface area contributed by atoms with Crippen molar-refractivity contribution in [2.24, 2.45) is 0 Å². The van der Waals surface area contributed by atoms with Crippen molar-refractivity contribution in [3.8, 4) is 0 Å². The van der Waals surface area contributed by atoms with Gasteiger partial charge in [-0.25, -0.2) is 0 Å². The van der Waals surface area contributed by atoms with Gasteiger partial charge in [0.2, 0.25) is 0 Å². The number of phosphoric acid groups is 1. The molecule has 0 aliphatic heterocycles. The predicted octanol–water partition coefficient (Wildman–Crippen LogP) is -3.46. The molecule has 0 fully saturated rings. The van der Waals surface area contributed by atoms with Crippen molar-refractivity contribution in [3.05, 3.63) is 0 Å². The molecule has 13 heavy (non-hydrogen) atoms. The summed E-state index contributed by atoms with van der Waals surface area (Å²) in [5, 5.41) is 0. The molecular formula is H3FeO9PPbS. The third-order valence-electron chi connectivity index (χ3n) is 0. The molecular weight excluding hydrogens is 470 g/mol. The summed E-state index contributed by atoms with van der Waals surface area (Å²) in [4.78, 5) is 22.9. The van der Waals surface area contributed by atoms with Crippen molar-refractivity contribution < 1.29 is 59.3 Å². The third kappa shape index (κ3) is 908. The predicted molar refractivity (Wildman–Crippen MR) is 30.2 cm³/mol. The van der Waals surface area contributed by atoms with Gasteiger partial charge in [0.25, 0.3) is 7.82 Å². The van der Waals surface area contributed by atoms with Crippen LogP contribution in [0, 0.1) is 0 Å². The molecule has 3 N–H and O–H groups in total. The van der Waals surface area contributed by atoms with Crippen molar-refractivity contribution >= 4 is 45.5 Å². The van der Waals surface area contributed by atoms with Crippen LogP contribution in [-0.2, 0) is 32.0 Å². The molecule has 0 heterocycles. The molecule has 0 aromatic heterocycles. The molecule has 0 atom stereocenters. The van der Waals surface area contributed by atoms with E-state index >= 15 is 0 Å². The van der Waals surface area contributed by atoms with Crippen LogP contribution in [0.2, 0.25) is 0 Å². The Morgan fingerprint density at radius 1 is 1.15 bits per heavy atom. The first-order valence-corrected chi connectivity index (χ1v) is 4.30. The standard InChI is InChI=1S/Fe.H3O4P.H2O4S.H2O.Pb/c;2*1-5(2,3)4;;/h;(H3,1,2,3,4);(H2,1,2,3,4);1H2;/q+2;;;;+2/p-4. The van der Waals surface area contributed by atoms with Gasteiger partial charge < -0.3 is 29.3 Å². The smallest absolute Gasteiger partial charge is 0.870 e. The van der Waals surface area contributed by atoms with E-state index in [4.69, 9.17) is 36.8 Å². The van der Waals surface area contributed by atoms with Gasteiger partial charge in [-0.05, 0) is 0 Å². The first kappa shape index (κ1) is 29.3. The number of rotatable bonds is 0. The minimum Gasteiger partial charge on any atom is -0.870 e. The van der Waals surface area contributed by atoms with Gasteiger partial charge in [0.05, 0.1) is 0 Å². The number of hydrogen-bond donors (Lipinski definition) is 2. The molecule has 0 bridgehead atoms. The van der Waals surface area contributed by atoms with E-state index in [-0.39, 0.29) is 49.8 Å². The number of hydrogen-bond acceptors (Lipinski definition) is 7. The van der Waals surface area contributed by atoms with E-state index in [1.807, 2.05) is 0 Å². The van der Waals surface area contributed by atoms with E-state index in [0.29, 0.717) is 0 Å². The largest absolute Gasteiger partial charge is 2.00 e. The van der Waals surface area contributed by atoms with Crippen LogP contribution in [0.15, 0.2) is 0 Å². The molecule has 80 valence electrons. The van der Waals surface area contributed by atoms with E-state index in [1.165, 1.54) is 0 Å². The van der Waals surface area contributed by atoms with Crippen LogP contribution >= 0.6 is 7.82 Å². The molecule has 0 aromatic carbocycles. The average Bonchev–Trinajstić information content (AvgIpc) is 1.12. The summed E-state index contributed by atoms with van der Waals surface area (Å²) >= 11 is 0. The van der Waals surface area contributed by atoms with Crippen molar-refractivity contribution in [1.82, 2.24) is 0 Å². The summed E-state index contributed by atoms with van der Waals surface area (Å²) in [5.74, 6) is 0.